The van der Waals surface area contributed by atoms with Crippen molar-refractivity contribution in [1.82, 2.24) is 5.32 Å². The van der Waals surface area contributed by atoms with Gasteiger partial charge in [-0.2, -0.15) is 0 Å². The van der Waals surface area contributed by atoms with Gasteiger partial charge in [0.05, 0.1) is 18.7 Å². The van der Waals surface area contributed by atoms with Crippen LogP contribution in [0.25, 0.3) is 0 Å². The summed E-state index contributed by atoms with van der Waals surface area (Å²) in [6.45, 7) is 7.65. The SMILES string of the molecule is C/C=C\[C@H](CC)C(=O)OC.C=CCC=O.CNC.Fc1cc(F)cc(C2=NOCC2)c1.[HH]. The molecule has 8 heteroatoms. The van der Waals surface area contributed by atoms with E-state index < -0.39 is 11.6 Å². The number of hydrogen-bond acceptors (Lipinski definition) is 6. The average Bonchev–Trinajstić information content (AvgIpc) is 3.28. The van der Waals surface area contributed by atoms with Crippen molar-refractivity contribution in [2.24, 2.45) is 11.1 Å². The lowest BCUT2D eigenvalue weighted by Gasteiger charge is -2.05. The van der Waals surface area contributed by atoms with E-state index >= 15 is 0 Å². The van der Waals surface area contributed by atoms with Crippen LogP contribution in [0.4, 0.5) is 8.78 Å². The van der Waals surface area contributed by atoms with E-state index in [0.29, 0.717) is 30.7 Å². The molecule has 1 aromatic carbocycles. The topological polar surface area (TPSA) is 77.0 Å². The van der Waals surface area contributed by atoms with E-state index in [-0.39, 0.29) is 13.3 Å². The van der Waals surface area contributed by atoms with Crippen LogP contribution < -0.4 is 5.32 Å². The summed E-state index contributed by atoms with van der Waals surface area (Å²) in [5.74, 6) is -1.40. The molecule has 0 unspecified atom stereocenters. The first-order valence-corrected chi connectivity index (χ1v) is 9.83. The molecule has 0 radical (unpaired) electrons. The first-order valence-electron chi connectivity index (χ1n) is 9.83. The molecule has 1 aromatic rings. The number of halogens is 2. The monoisotopic (exact) mass is 442 g/mol. The highest BCUT2D eigenvalue weighted by molar-refractivity contribution is 6.00. The lowest BCUT2D eigenvalue weighted by atomic mass is 10.1. The van der Waals surface area contributed by atoms with Gasteiger partial charge in [-0.15, -0.1) is 6.58 Å². The number of nitrogens with zero attached hydrogens (tertiary/aromatic N) is 1. The molecular formula is C23H36F2N2O4. The Morgan fingerprint density at radius 2 is 1.94 bits per heavy atom. The van der Waals surface area contributed by atoms with Crippen molar-refractivity contribution in [3.8, 4) is 0 Å². The zero-order valence-electron chi connectivity index (χ0n) is 19.0. The van der Waals surface area contributed by atoms with Crippen molar-refractivity contribution in [3.63, 3.8) is 0 Å². The molecule has 31 heavy (non-hydrogen) atoms. The highest BCUT2D eigenvalue weighted by Crippen LogP contribution is 2.14. The van der Waals surface area contributed by atoms with Gasteiger partial charge in [0.1, 0.15) is 24.5 Å². The third kappa shape index (κ3) is 15.6. The van der Waals surface area contributed by atoms with Gasteiger partial charge in [0.2, 0.25) is 0 Å². The van der Waals surface area contributed by atoms with Crippen molar-refractivity contribution in [1.29, 1.82) is 0 Å². The van der Waals surface area contributed by atoms with Gasteiger partial charge in [0, 0.05) is 25.9 Å². The van der Waals surface area contributed by atoms with Crippen LogP contribution in [-0.4, -0.2) is 45.8 Å². The number of benzene rings is 1. The zero-order valence-corrected chi connectivity index (χ0v) is 19.0. The zero-order chi connectivity index (χ0) is 24.1. The van der Waals surface area contributed by atoms with E-state index in [1.807, 2.05) is 40.1 Å². The number of hydrogen-bond donors (Lipinski definition) is 1. The number of aldehydes is 1. The second kappa shape index (κ2) is 20.4. The fourth-order valence-electron chi connectivity index (χ4n) is 2.06. The van der Waals surface area contributed by atoms with Crippen LogP contribution >= 0.6 is 0 Å². The fraction of sp³-hybridized carbons (Fsp3) is 0.435. The second-order valence-electron chi connectivity index (χ2n) is 6.03. The molecule has 1 aliphatic heterocycles. The van der Waals surface area contributed by atoms with Crippen LogP contribution in [0.2, 0.25) is 0 Å². The molecule has 0 saturated heterocycles. The summed E-state index contributed by atoms with van der Waals surface area (Å²) in [7, 11) is 5.16. The third-order valence-corrected chi connectivity index (χ3v) is 3.43. The molecular weight excluding hydrogens is 406 g/mol. The Labute approximate surface area is 185 Å². The van der Waals surface area contributed by atoms with Gasteiger partial charge in [0.25, 0.3) is 0 Å². The Morgan fingerprint density at radius 1 is 1.35 bits per heavy atom. The molecule has 2 rings (SSSR count). The minimum atomic E-state index is -0.593. The van der Waals surface area contributed by atoms with Crippen molar-refractivity contribution >= 4 is 18.0 Å². The maximum absolute atomic E-state index is 12.7. The number of esters is 1. The molecule has 0 bridgehead atoms. The molecule has 1 aliphatic rings. The molecule has 1 N–H and O–H groups in total. The van der Waals surface area contributed by atoms with Crippen LogP contribution in [0, 0.1) is 17.6 Å². The smallest absolute Gasteiger partial charge is 0.312 e. The Hall–Kier alpha value is -2.87. The molecule has 0 saturated carbocycles. The average molecular weight is 443 g/mol. The van der Waals surface area contributed by atoms with E-state index in [1.165, 1.54) is 19.2 Å². The van der Waals surface area contributed by atoms with E-state index in [4.69, 9.17) is 4.84 Å². The van der Waals surface area contributed by atoms with Gasteiger partial charge < -0.3 is 19.7 Å². The summed E-state index contributed by atoms with van der Waals surface area (Å²) in [6.07, 6.45) is 7.97. The van der Waals surface area contributed by atoms with Gasteiger partial charge in [-0.1, -0.05) is 30.3 Å². The minimum absolute atomic E-state index is 0. The van der Waals surface area contributed by atoms with Gasteiger partial charge in [-0.25, -0.2) is 8.78 Å². The minimum Gasteiger partial charge on any atom is -0.469 e. The first kappa shape index (κ1) is 30.3. The van der Waals surface area contributed by atoms with Crippen LogP contribution in [0.3, 0.4) is 0 Å². The Kier molecular flexibility index (Phi) is 20.0. The lowest BCUT2D eigenvalue weighted by Crippen LogP contribution is -2.12. The molecule has 1 atom stereocenters. The molecule has 0 aliphatic carbocycles. The molecule has 176 valence electrons. The lowest BCUT2D eigenvalue weighted by molar-refractivity contribution is -0.143. The summed E-state index contributed by atoms with van der Waals surface area (Å²) in [5, 5.41) is 6.42. The predicted molar refractivity (Wildman–Crippen MR) is 122 cm³/mol. The summed E-state index contributed by atoms with van der Waals surface area (Å²) in [5.41, 5.74) is 1.05. The quantitative estimate of drug-likeness (QED) is 0.393. The number of rotatable bonds is 6. The van der Waals surface area contributed by atoms with E-state index in [1.54, 1.807) is 6.08 Å². The van der Waals surface area contributed by atoms with Crippen molar-refractivity contribution in [3.05, 3.63) is 60.2 Å². The standard InChI is InChI=1S/C9H7F2NO.C8H14O2.C4H6O.C2H7N.H2/c10-7-3-6(4-8(11)5-7)9-1-2-13-12-9;1-4-6-7(5-2)8(9)10-3;1-2-3-4-5;1-3-2;/h3-5H,1-2H2;4,6-7H,5H2,1-3H3;2,4H,1,3H2;3H,1-2H3;1H/b;6-4-;;;/t;7-;;;/m.0.../s1. The van der Waals surface area contributed by atoms with Crippen molar-refractivity contribution < 1.29 is 29.4 Å². The summed E-state index contributed by atoms with van der Waals surface area (Å²) < 4.78 is 30.1. The largest absolute Gasteiger partial charge is 0.469 e. The maximum Gasteiger partial charge on any atom is 0.312 e. The first-order chi connectivity index (χ1) is 14.8. The number of carbonyl (C=O) groups is 2. The maximum atomic E-state index is 12.7. The van der Waals surface area contributed by atoms with Crippen LogP contribution in [0.5, 0.6) is 0 Å². The van der Waals surface area contributed by atoms with Gasteiger partial charge >= 0.3 is 5.97 Å². The molecule has 0 spiro atoms. The molecule has 0 fully saturated rings. The second-order valence-corrected chi connectivity index (χ2v) is 6.03. The molecule has 0 amide bonds. The summed E-state index contributed by atoms with van der Waals surface area (Å²) in [4.78, 5) is 24.9. The van der Waals surface area contributed by atoms with Crippen molar-refractivity contribution in [2.75, 3.05) is 27.8 Å². The predicted octanol–water partition coefficient (Wildman–Crippen LogP) is 4.69. The van der Waals surface area contributed by atoms with Gasteiger partial charge in [-0.3, -0.25) is 4.79 Å². The number of ether oxygens (including phenoxy) is 1. The number of allylic oxidation sites excluding steroid dienone is 2. The third-order valence-electron chi connectivity index (χ3n) is 3.43. The summed E-state index contributed by atoms with van der Waals surface area (Å²) in [6, 6.07) is 3.33. The molecule has 6 nitrogen and oxygen atoms in total. The van der Waals surface area contributed by atoms with Gasteiger partial charge in [-0.05, 0) is 39.6 Å². The van der Waals surface area contributed by atoms with Crippen LogP contribution in [0.1, 0.15) is 40.1 Å². The highest BCUT2D eigenvalue weighted by atomic mass is 19.1. The molecule has 0 aromatic heterocycles. The van der Waals surface area contributed by atoms with Crippen LogP contribution in [-0.2, 0) is 19.2 Å². The summed E-state index contributed by atoms with van der Waals surface area (Å²) >= 11 is 0. The number of carbonyl (C=O) groups excluding carboxylic acids is 2. The van der Waals surface area contributed by atoms with E-state index in [9.17, 15) is 18.4 Å². The number of oxime groups is 1. The van der Waals surface area contributed by atoms with Crippen LogP contribution in [0.15, 0.2) is 48.2 Å². The Morgan fingerprint density at radius 3 is 2.26 bits per heavy atom. The molecule has 1 heterocycles. The number of methoxy groups -OCH3 is 1. The van der Waals surface area contributed by atoms with E-state index in [2.05, 4.69) is 21.8 Å². The van der Waals surface area contributed by atoms with Crippen molar-refractivity contribution in [2.45, 2.75) is 33.1 Å². The number of nitrogens with one attached hydrogen (secondary N) is 1. The van der Waals surface area contributed by atoms with Gasteiger partial charge in [0.15, 0.2) is 0 Å². The Balaban J connectivity index is -0.000000395. The Bertz CT molecular complexity index is 687. The van der Waals surface area contributed by atoms with E-state index in [0.717, 1.165) is 18.8 Å². The highest BCUT2D eigenvalue weighted by Gasteiger charge is 2.12. The normalized spacial score (nSPS) is 12.4. The fourth-order valence-corrected chi connectivity index (χ4v) is 2.06.